The van der Waals surface area contributed by atoms with Gasteiger partial charge >= 0.3 is 0 Å². The van der Waals surface area contributed by atoms with E-state index in [1.165, 1.54) is 12.1 Å². The van der Waals surface area contributed by atoms with Crippen molar-refractivity contribution in [2.24, 2.45) is 0 Å². The van der Waals surface area contributed by atoms with Crippen molar-refractivity contribution in [1.82, 2.24) is 14.8 Å². The predicted octanol–water partition coefficient (Wildman–Crippen LogP) is 1.98. The third kappa shape index (κ3) is 3.24. The minimum Gasteiger partial charge on any atom is -0.545 e. The molecule has 128 valence electrons. The summed E-state index contributed by atoms with van der Waals surface area (Å²) in [5.41, 5.74) is 1.48. The molecule has 0 atom stereocenters. The van der Waals surface area contributed by atoms with Crippen LogP contribution in [-0.4, -0.2) is 35.0 Å². The number of methoxy groups -OCH3 is 2. The van der Waals surface area contributed by atoms with Crippen molar-refractivity contribution in [2.75, 3.05) is 14.2 Å². The lowest BCUT2D eigenvalue weighted by molar-refractivity contribution is -0.255. The number of nitrogens with zero attached hydrogens (tertiary/aromatic N) is 2. The third-order valence-corrected chi connectivity index (χ3v) is 3.92. The monoisotopic (exact) mass is 356 g/mol. The zero-order valence-electron chi connectivity index (χ0n) is 13.5. The molecule has 3 rings (SSSR count). The van der Waals surface area contributed by atoms with Crippen molar-refractivity contribution in [3.05, 3.63) is 52.8 Å². The number of carbonyl (C=O) groups is 1. The summed E-state index contributed by atoms with van der Waals surface area (Å²) in [6.07, 6.45) is 0. The van der Waals surface area contributed by atoms with Crippen LogP contribution in [0.5, 0.6) is 11.5 Å². The molecule has 1 aromatic heterocycles. The lowest BCUT2D eigenvalue weighted by Gasteiger charge is -2.11. The van der Waals surface area contributed by atoms with Gasteiger partial charge in [0.1, 0.15) is 11.5 Å². The van der Waals surface area contributed by atoms with Gasteiger partial charge in [-0.05, 0) is 42.0 Å². The lowest BCUT2D eigenvalue weighted by Crippen LogP contribution is -2.22. The van der Waals surface area contributed by atoms with Gasteiger partial charge in [-0.25, -0.2) is 0 Å². The third-order valence-electron chi connectivity index (χ3n) is 3.64. The molecule has 1 heterocycles. The summed E-state index contributed by atoms with van der Waals surface area (Å²) in [5, 5.41) is 17.9. The molecule has 0 saturated carbocycles. The number of carboxylic acids is 1. The molecule has 0 bridgehead atoms. The zero-order chi connectivity index (χ0) is 18.0. The first kappa shape index (κ1) is 16.7. The van der Waals surface area contributed by atoms with Crippen LogP contribution >= 0.6 is 12.2 Å². The summed E-state index contributed by atoms with van der Waals surface area (Å²) in [5.74, 6) is 0.535. The van der Waals surface area contributed by atoms with Gasteiger partial charge in [0.25, 0.3) is 0 Å². The van der Waals surface area contributed by atoms with Crippen LogP contribution in [0.25, 0.3) is 17.1 Å². The Kier molecular flexibility index (Phi) is 4.53. The molecule has 2 aromatic carbocycles. The number of aromatic nitrogens is 3. The number of nitrogens with one attached hydrogen (secondary N) is 1. The van der Waals surface area contributed by atoms with Crippen LogP contribution in [0.15, 0.2) is 42.5 Å². The number of ether oxygens (including phenoxy) is 2. The minimum atomic E-state index is -1.24. The number of hydrogen-bond donors (Lipinski definition) is 1. The van der Waals surface area contributed by atoms with E-state index in [1.807, 2.05) is 0 Å². The van der Waals surface area contributed by atoms with Gasteiger partial charge in [-0.15, -0.1) is 0 Å². The summed E-state index contributed by atoms with van der Waals surface area (Å²) in [6, 6.07) is 11.5. The Bertz CT molecular complexity index is 954. The predicted molar refractivity (Wildman–Crippen MR) is 91.6 cm³/mol. The van der Waals surface area contributed by atoms with Crippen molar-refractivity contribution in [3.63, 3.8) is 0 Å². The fraction of sp³-hybridized carbons (Fsp3) is 0.118. The topological polar surface area (TPSA) is 92.2 Å². The molecule has 0 aliphatic rings. The van der Waals surface area contributed by atoms with Gasteiger partial charge in [0.2, 0.25) is 0 Å². The van der Waals surface area contributed by atoms with E-state index < -0.39 is 5.97 Å². The maximum absolute atomic E-state index is 10.9. The number of hydrogen-bond acceptors (Lipinski definition) is 6. The SMILES string of the molecule is COc1cc(OC)cc(-c2n[nH]c(=S)n2-c2ccc(C(=O)[O-])cc2)c1. The average Bonchev–Trinajstić information content (AvgIpc) is 3.02. The van der Waals surface area contributed by atoms with Crippen LogP contribution in [0.3, 0.4) is 0 Å². The fourth-order valence-electron chi connectivity index (χ4n) is 2.41. The Morgan fingerprint density at radius 2 is 1.72 bits per heavy atom. The maximum Gasteiger partial charge on any atom is 0.200 e. The maximum atomic E-state index is 10.9. The molecule has 0 aliphatic carbocycles. The molecule has 0 radical (unpaired) electrons. The highest BCUT2D eigenvalue weighted by Crippen LogP contribution is 2.30. The smallest absolute Gasteiger partial charge is 0.200 e. The van der Waals surface area contributed by atoms with Gasteiger partial charge < -0.3 is 19.4 Å². The molecule has 0 amide bonds. The average molecular weight is 356 g/mol. The normalized spacial score (nSPS) is 10.5. The number of benzene rings is 2. The molecule has 0 aliphatic heterocycles. The van der Waals surface area contributed by atoms with Gasteiger partial charge in [0.15, 0.2) is 10.6 Å². The highest BCUT2D eigenvalue weighted by molar-refractivity contribution is 7.71. The van der Waals surface area contributed by atoms with E-state index in [-0.39, 0.29) is 5.56 Å². The second-order valence-corrected chi connectivity index (χ2v) is 5.51. The van der Waals surface area contributed by atoms with Gasteiger partial charge in [-0.3, -0.25) is 9.67 Å². The van der Waals surface area contributed by atoms with E-state index in [2.05, 4.69) is 10.2 Å². The summed E-state index contributed by atoms with van der Waals surface area (Å²) in [6.45, 7) is 0. The van der Waals surface area contributed by atoms with Crippen LogP contribution < -0.4 is 14.6 Å². The molecule has 1 N–H and O–H groups in total. The standard InChI is InChI=1S/C17H15N3O4S/c1-23-13-7-11(8-14(9-13)24-2)15-18-19-17(25)20(15)12-5-3-10(4-6-12)16(21)22/h3-9H,1-2H3,(H,19,25)(H,21,22)/p-1. The number of rotatable bonds is 5. The second-order valence-electron chi connectivity index (χ2n) is 5.12. The Labute approximate surface area is 148 Å². The molecule has 0 fully saturated rings. The molecule has 8 heteroatoms. The number of H-pyrrole nitrogens is 1. The summed E-state index contributed by atoms with van der Waals surface area (Å²) >= 11 is 5.32. The first-order chi connectivity index (χ1) is 12.0. The minimum absolute atomic E-state index is 0.0864. The molecule has 7 nitrogen and oxygen atoms in total. The highest BCUT2D eigenvalue weighted by Gasteiger charge is 2.13. The number of carboxylic acid groups (broad SMARTS) is 1. The molecule has 0 unspecified atom stereocenters. The van der Waals surface area contributed by atoms with Gasteiger partial charge in [0.05, 0.1) is 25.9 Å². The van der Waals surface area contributed by atoms with Crippen LogP contribution in [0.1, 0.15) is 10.4 Å². The van der Waals surface area contributed by atoms with Crippen molar-refractivity contribution in [1.29, 1.82) is 0 Å². The van der Waals surface area contributed by atoms with E-state index >= 15 is 0 Å². The number of carbonyl (C=O) groups excluding carboxylic acids is 1. The van der Waals surface area contributed by atoms with Gasteiger partial charge in [0, 0.05) is 11.6 Å². The Hall–Kier alpha value is -3.13. The van der Waals surface area contributed by atoms with E-state index in [9.17, 15) is 9.90 Å². The van der Waals surface area contributed by atoms with E-state index in [1.54, 1.807) is 49.1 Å². The Morgan fingerprint density at radius 3 is 2.24 bits per heavy atom. The fourth-order valence-corrected chi connectivity index (χ4v) is 2.65. The summed E-state index contributed by atoms with van der Waals surface area (Å²) < 4.78 is 12.6. The molecule has 0 spiro atoms. The molecular formula is C17H14N3O4S-. The van der Waals surface area contributed by atoms with Crippen molar-refractivity contribution in [3.8, 4) is 28.6 Å². The Balaban J connectivity index is 2.14. The molecule has 3 aromatic rings. The molecule has 0 saturated heterocycles. The van der Waals surface area contributed by atoms with E-state index in [4.69, 9.17) is 21.7 Å². The highest BCUT2D eigenvalue weighted by atomic mass is 32.1. The van der Waals surface area contributed by atoms with Crippen LogP contribution in [0, 0.1) is 4.77 Å². The van der Waals surface area contributed by atoms with Gasteiger partial charge in [-0.1, -0.05) is 12.1 Å². The molecular weight excluding hydrogens is 342 g/mol. The van der Waals surface area contributed by atoms with E-state index in [0.717, 1.165) is 5.56 Å². The van der Waals surface area contributed by atoms with Crippen LogP contribution in [0.4, 0.5) is 0 Å². The zero-order valence-corrected chi connectivity index (χ0v) is 14.3. The van der Waals surface area contributed by atoms with Crippen LogP contribution in [-0.2, 0) is 0 Å². The Morgan fingerprint density at radius 1 is 1.12 bits per heavy atom. The largest absolute Gasteiger partial charge is 0.545 e. The van der Waals surface area contributed by atoms with Gasteiger partial charge in [-0.2, -0.15) is 5.10 Å². The lowest BCUT2D eigenvalue weighted by atomic mass is 10.1. The number of aromatic carboxylic acids is 1. The summed E-state index contributed by atoms with van der Waals surface area (Å²) in [4.78, 5) is 10.9. The first-order valence-corrected chi connectivity index (χ1v) is 7.67. The second kappa shape index (κ2) is 6.78. The number of aromatic amines is 1. The van der Waals surface area contributed by atoms with Crippen LogP contribution in [0.2, 0.25) is 0 Å². The summed E-state index contributed by atoms with van der Waals surface area (Å²) in [7, 11) is 3.13. The quantitative estimate of drug-likeness (QED) is 0.703. The van der Waals surface area contributed by atoms with Crippen molar-refractivity contribution < 1.29 is 19.4 Å². The first-order valence-electron chi connectivity index (χ1n) is 7.26. The van der Waals surface area contributed by atoms with Crippen molar-refractivity contribution in [2.45, 2.75) is 0 Å². The van der Waals surface area contributed by atoms with E-state index in [0.29, 0.717) is 27.8 Å². The van der Waals surface area contributed by atoms with Crippen molar-refractivity contribution >= 4 is 18.2 Å². The molecule has 25 heavy (non-hydrogen) atoms.